The maximum absolute atomic E-state index is 11.1. The average molecular weight is 263 g/mol. The number of aliphatic carboxylic acids is 1. The first-order chi connectivity index (χ1) is 8.79. The van der Waals surface area contributed by atoms with E-state index in [9.17, 15) is 4.79 Å². The molecule has 1 aromatic carbocycles. The Balaban J connectivity index is 2.15. The molecule has 1 heterocycles. The van der Waals surface area contributed by atoms with E-state index in [-0.39, 0.29) is 12.1 Å². The van der Waals surface area contributed by atoms with Crippen LogP contribution >= 0.6 is 0 Å². The molecule has 0 aliphatic carbocycles. The minimum atomic E-state index is -0.818. The molecule has 104 valence electrons. The Labute approximate surface area is 113 Å². The molecule has 2 atom stereocenters. The van der Waals surface area contributed by atoms with E-state index < -0.39 is 11.4 Å². The number of nitrogens with two attached hydrogens (primary N) is 1. The van der Waals surface area contributed by atoms with Crippen molar-refractivity contribution in [1.29, 1.82) is 0 Å². The van der Waals surface area contributed by atoms with Gasteiger partial charge in [-0.1, -0.05) is 12.1 Å². The van der Waals surface area contributed by atoms with Crippen LogP contribution < -0.4 is 10.5 Å². The van der Waals surface area contributed by atoms with Crippen molar-refractivity contribution in [3.63, 3.8) is 0 Å². The Morgan fingerprint density at radius 3 is 2.89 bits per heavy atom. The zero-order valence-electron chi connectivity index (χ0n) is 11.6. The lowest BCUT2D eigenvalue weighted by molar-refractivity contribution is -0.147. The zero-order valence-corrected chi connectivity index (χ0v) is 11.6. The van der Waals surface area contributed by atoms with Crippen molar-refractivity contribution in [2.45, 2.75) is 45.8 Å². The fraction of sp³-hybridized carbons (Fsp3) is 0.533. The molecule has 0 amide bonds. The van der Waals surface area contributed by atoms with E-state index in [0.29, 0.717) is 6.42 Å². The van der Waals surface area contributed by atoms with Gasteiger partial charge in [0.15, 0.2) is 0 Å². The molecule has 0 radical (unpaired) electrons. The van der Waals surface area contributed by atoms with Crippen molar-refractivity contribution < 1.29 is 14.6 Å². The van der Waals surface area contributed by atoms with Crippen LogP contribution in [0, 0.1) is 5.41 Å². The average Bonchev–Trinajstić information content (AvgIpc) is 2.66. The topological polar surface area (TPSA) is 72.6 Å². The molecule has 4 nitrogen and oxygen atoms in total. The maximum atomic E-state index is 11.1. The Bertz CT molecular complexity index is 496. The van der Waals surface area contributed by atoms with Crippen LogP contribution in [0.25, 0.3) is 0 Å². The van der Waals surface area contributed by atoms with Crippen LogP contribution in [0.2, 0.25) is 0 Å². The summed E-state index contributed by atoms with van der Waals surface area (Å²) in [5, 5.41) is 9.15. The third kappa shape index (κ3) is 2.89. The predicted molar refractivity (Wildman–Crippen MR) is 73.2 cm³/mol. The maximum Gasteiger partial charge on any atom is 0.309 e. The summed E-state index contributed by atoms with van der Waals surface area (Å²) in [5.74, 6) is 0.0991. The van der Waals surface area contributed by atoms with E-state index in [4.69, 9.17) is 15.6 Å². The first-order valence-corrected chi connectivity index (χ1v) is 6.58. The molecule has 0 fully saturated rings. The van der Waals surface area contributed by atoms with E-state index in [1.807, 2.05) is 25.1 Å². The van der Waals surface area contributed by atoms with Gasteiger partial charge in [0.25, 0.3) is 0 Å². The minimum absolute atomic E-state index is 0.205. The largest absolute Gasteiger partial charge is 0.490 e. The molecule has 0 bridgehead atoms. The highest BCUT2D eigenvalue weighted by Gasteiger charge is 2.30. The fourth-order valence-corrected chi connectivity index (χ4v) is 2.43. The molecule has 4 heteroatoms. The fourth-order valence-electron chi connectivity index (χ4n) is 2.43. The van der Waals surface area contributed by atoms with E-state index in [1.54, 1.807) is 13.8 Å². The monoisotopic (exact) mass is 263 g/mol. The Morgan fingerprint density at radius 1 is 1.58 bits per heavy atom. The van der Waals surface area contributed by atoms with Crippen molar-refractivity contribution >= 4 is 5.97 Å². The lowest BCUT2D eigenvalue weighted by Crippen LogP contribution is -2.28. The van der Waals surface area contributed by atoms with Crippen LogP contribution in [0.4, 0.5) is 0 Å². The standard InChI is InChI=1S/C15H21NO3/c1-9-6-11-7-10(4-5-13(11)19-9)12(16)8-15(2,3)14(17)18/h4-5,7,9,12H,6,8,16H2,1-3H3,(H,17,18). The molecule has 2 rings (SSSR count). The second-order valence-corrected chi connectivity index (χ2v) is 6.00. The normalized spacial score (nSPS) is 19.7. The predicted octanol–water partition coefficient (Wildman–Crippen LogP) is 2.51. The number of ether oxygens (including phenoxy) is 1. The highest BCUT2D eigenvalue weighted by atomic mass is 16.5. The van der Waals surface area contributed by atoms with E-state index >= 15 is 0 Å². The molecular weight excluding hydrogens is 242 g/mol. The number of carboxylic acids is 1. The number of benzene rings is 1. The second-order valence-electron chi connectivity index (χ2n) is 6.00. The van der Waals surface area contributed by atoms with E-state index in [2.05, 4.69) is 0 Å². The molecule has 0 aromatic heterocycles. The van der Waals surface area contributed by atoms with E-state index in [1.165, 1.54) is 0 Å². The first-order valence-electron chi connectivity index (χ1n) is 6.58. The molecule has 1 aliphatic rings. The second kappa shape index (κ2) is 4.85. The molecule has 0 saturated heterocycles. The molecule has 1 aliphatic heterocycles. The number of carbonyl (C=O) groups is 1. The summed E-state index contributed by atoms with van der Waals surface area (Å²) in [6.07, 6.45) is 1.51. The van der Waals surface area contributed by atoms with Gasteiger partial charge in [-0.2, -0.15) is 0 Å². The van der Waals surface area contributed by atoms with Gasteiger partial charge in [-0.15, -0.1) is 0 Å². The summed E-state index contributed by atoms with van der Waals surface area (Å²) < 4.78 is 5.65. The summed E-state index contributed by atoms with van der Waals surface area (Å²) in [6, 6.07) is 5.63. The number of rotatable bonds is 4. The van der Waals surface area contributed by atoms with Crippen molar-refractivity contribution in [2.24, 2.45) is 11.1 Å². The van der Waals surface area contributed by atoms with Gasteiger partial charge >= 0.3 is 5.97 Å². The van der Waals surface area contributed by atoms with Crippen LogP contribution in [-0.2, 0) is 11.2 Å². The van der Waals surface area contributed by atoms with Crippen LogP contribution in [0.1, 0.15) is 44.4 Å². The van der Waals surface area contributed by atoms with Gasteiger partial charge in [0.2, 0.25) is 0 Å². The Hall–Kier alpha value is -1.55. The third-order valence-corrected chi connectivity index (χ3v) is 3.66. The molecule has 1 aromatic rings. The zero-order chi connectivity index (χ0) is 14.2. The number of carboxylic acid groups (broad SMARTS) is 1. The SMILES string of the molecule is CC1Cc2cc(C(N)CC(C)(C)C(=O)O)ccc2O1. The number of hydrogen-bond donors (Lipinski definition) is 2. The van der Waals surface area contributed by atoms with Crippen LogP contribution in [-0.4, -0.2) is 17.2 Å². The van der Waals surface area contributed by atoms with Crippen molar-refractivity contribution in [3.8, 4) is 5.75 Å². The molecule has 19 heavy (non-hydrogen) atoms. The lowest BCUT2D eigenvalue weighted by atomic mass is 9.83. The van der Waals surface area contributed by atoms with Crippen molar-refractivity contribution in [1.82, 2.24) is 0 Å². The van der Waals surface area contributed by atoms with Gasteiger partial charge in [0.05, 0.1) is 5.41 Å². The Kier molecular flexibility index (Phi) is 3.54. The molecule has 0 saturated carbocycles. The smallest absolute Gasteiger partial charge is 0.309 e. The van der Waals surface area contributed by atoms with Crippen LogP contribution in [0.15, 0.2) is 18.2 Å². The lowest BCUT2D eigenvalue weighted by Gasteiger charge is -2.23. The summed E-state index contributed by atoms with van der Waals surface area (Å²) in [6.45, 7) is 5.44. The number of hydrogen-bond acceptors (Lipinski definition) is 3. The summed E-state index contributed by atoms with van der Waals surface area (Å²) in [7, 11) is 0. The van der Waals surface area contributed by atoms with Crippen LogP contribution in [0.3, 0.4) is 0 Å². The summed E-state index contributed by atoms with van der Waals surface area (Å²) in [5.41, 5.74) is 7.46. The summed E-state index contributed by atoms with van der Waals surface area (Å²) in [4.78, 5) is 11.1. The highest BCUT2D eigenvalue weighted by Crippen LogP contribution is 2.34. The van der Waals surface area contributed by atoms with Gasteiger partial charge < -0.3 is 15.6 Å². The molecule has 0 spiro atoms. The van der Waals surface area contributed by atoms with Gasteiger partial charge in [-0.3, -0.25) is 4.79 Å². The minimum Gasteiger partial charge on any atom is -0.490 e. The third-order valence-electron chi connectivity index (χ3n) is 3.66. The van der Waals surface area contributed by atoms with Crippen molar-refractivity contribution in [3.05, 3.63) is 29.3 Å². The quantitative estimate of drug-likeness (QED) is 0.875. The van der Waals surface area contributed by atoms with Crippen LogP contribution in [0.5, 0.6) is 5.75 Å². The molecular formula is C15H21NO3. The number of fused-ring (bicyclic) bond motifs is 1. The van der Waals surface area contributed by atoms with Gasteiger partial charge in [0.1, 0.15) is 11.9 Å². The first kappa shape index (κ1) is 13.9. The highest BCUT2D eigenvalue weighted by molar-refractivity contribution is 5.73. The van der Waals surface area contributed by atoms with Gasteiger partial charge in [0, 0.05) is 12.5 Å². The Morgan fingerprint density at radius 2 is 2.26 bits per heavy atom. The van der Waals surface area contributed by atoms with E-state index in [0.717, 1.165) is 23.3 Å². The molecule has 3 N–H and O–H groups in total. The summed E-state index contributed by atoms with van der Waals surface area (Å²) >= 11 is 0. The molecule has 2 unspecified atom stereocenters. The van der Waals surface area contributed by atoms with Crippen molar-refractivity contribution in [2.75, 3.05) is 0 Å². The van der Waals surface area contributed by atoms with Gasteiger partial charge in [-0.05, 0) is 44.4 Å². The van der Waals surface area contributed by atoms with Gasteiger partial charge in [-0.25, -0.2) is 0 Å².